The molecule has 1 heterocycles. The Labute approximate surface area is 94.4 Å². The molecule has 1 N–H and O–H groups in total. The number of hydrogen-bond acceptors (Lipinski definition) is 3. The van der Waals surface area contributed by atoms with Gasteiger partial charge in [0, 0.05) is 6.42 Å². The number of hydrogen-bond donors (Lipinski definition) is 1. The van der Waals surface area contributed by atoms with Crippen molar-refractivity contribution in [1.82, 2.24) is 4.90 Å². The van der Waals surface area contributed by atoms with Crippen LogP contribution in [0.4, 0.5) is 0 Å². The molecule has 3 nitrogen and oxygen atoms in total. The van der Waals surface area contributed by atoms with Crippen molar-refractivity contribution < 1.29 is 9.84 Å². The zero-order valence-electron chi connectivity index (χ0n) is 11.2. The highest BCUT2D eigenvalue weighted by Crippen LogP contribution is 2.31. The van der Waals surface area contributed by atoms with E-state index in [1.807, 2.05) is 53.6 Å². The fourth-order valence-corrected chi connectivity index (χ4v) is 2.67. The highest BCUT2D eigenvalue weighted by Gasteiger charge is 2.43. The van der Waals surface area contributed by atoms with Crippen LogP contribution in [0.5, 0.6) is 0 Å². The fraction of sp³-hybridized carbons (Fsp3) is 1.00. The van der Waals surface area contributed by atoms with Crippen molar-refractivity contribution in [3.05, 3.63) is 0 Å². The molecule has 0 radical (unpaired) electrons. The van der Waals surface area contributed by atoms with Gasteiger partial charge in [0.2, 0.25) is 0 Å². The first-order chi connectivity index (χ1) is 6.84. The van der Waals surface area contributed by atoms with E-state index in [2.05, 4.69) is 0 Å². The molecule has 1 aliphatic rings. The van der Waals surface area contributed by atoms with Crippen molar-refractivity contribution in [3.63, 3.8) is 0 Å². The van der Waals surface area contributed by atoms with Crippen LogP contribution in [0.1, 0.15) is 41.0 Å². The summed E-state index contributed by atoms with van der Waals surface area (Å²) in [4.78, 5) is 2.04. The van der Waals surface area contributed by atoms with Gasteiger partial charge in [0.05, 0.1) is 23.9 Å². The topological polar surface area (TPSA) is 32.7 Å². The Hall–Kier alpha value is -0.120. The molecule has 4 atom stereocenters. The third-order valence-corrected chi connectivity index (χ3v) is 2.79. The Morgan fingerprint density at radius 3 is 2.07 bits per heavy atom. The Bertz CT molecular complexity index is 180. The van der Waals surface area contributed by atoms with E-state index in [9.17, 15) is 5.11 Å². The lowest BCUT2D eigenvalue weighted by Gasteiger charge is -2.47. The lowest BCUT2D eigenvalue weighted by atomic mass is 9.84. The van der Waals surface area contributed by atoms with E-state index in [1.165, 1.54) is 0 Å². The molecule has 4 unspecified atom stereocenters. The van der Waals surface area contributed by atoms with Crippen LogP contribution < -0.4 is 0 Å². The number of aliphatic hydroxyl groups is 1. The Kier molecular flexibility index (Phi) is 5.78. The molecule has 1 fully saturated rings. The van der Waals surface area contributed by atoms with Crippen LogP contribution in [-0.2, 0) is 4.74 Å². The van der Waals surface area contributed by atoms with Crippen molar-refractivity contribution in [2.24, 2.45) is 0 Å². The summed E-state index contributed by atoms with van der Waals surface area (Å²) in [6.07, 6.45) is 0.954. The van der Waals surface area contributed by atoms with Gasteiger partial charge in [0.25, 0.3) is 0 Å². The minimum absolute atomic E-state index is 0.0868. The number of nitrogens with zero attached hydrogens (tertiary/aromatic N) is 1. The van der Waals surface area contributed by atoms with Gasteiger partial charge >= 0.3 is 0 Å². The summed E-state index contributed by atoms with van der Waals surface area (Å²) < 4.78 is 5.69. The van der Waals surface area contributed by atoms with Crippen molar-refractivity contribution in [2.75, 3.05) is 14.1 Å². The molecule has 0 saturated carbocycles. The predicted molar refractivity (Wildman–Crippen MR) is 64.1 cm³/mol. The second-order valence-corrected chi connectivity index (χ2v) is 4.62. The maximum atomic E-state index is 10.2. The molecule has 0 aliphatic carbocycles. The molecule has 1 saturated heterocycles. The van der Waals surface area contributed by atoms with Crippen molar-refractivity contribution in [3.8, 4) is 0 Å². The van der Waals surface area contributed by atoms with Gasteiger partial charge in [-0.2, -0.15) is 0 Å². The summed E-state index contributed by atoms with van der Waals surface area (Å²) in [6, 6.07) is 0.0868. The van der Waals surface area contributed by atoms with Gasteiger partial charge in [-0.15, -0.1) is 0 Å². The monoisotopic (exact) mass is 217 g/mol. The lowest BCUT2D eigenvalue weighted by molar-refractivity contribution is -0.170. The van der Waals surface area contributed by atoms with Gasteiger partial charge in [-0.05, 0) is 34.9 Å². The summed E-state index contributed by atoms with van der Waals surface area (Å²) in [6.45, 7) is 9.93. The number of likely N-dealkylation sites (N-methyl/N-ethyl adjacent to an activating group) is 1. The third kappa shape index (κ3) is 3.74. The third-order valence-electron chi connectivity index (χ3n) is 2.79. The maximum Gasteiger partial charge on any atom is 0.0823 e. The van der Waals surface area contributed by atoms with Crippen LogP contribution in [0, 0.1) is 0 Å². The highest BCUT2D eigenvalue weighted by molar-refractivity contribution is 4.96. The van der Waals surface area contributed by atoms with Gasteiger partial charge < -0.3 is 14.7 Å². The summed E-state index contributed by atoms with van der Waals surface area (Å²) in [5.41, 5.74) is -0.638. The Balaban J connectivity index is 0.000000921. The van der Waals surface area contributed by atoms with Gasteiger partial charge in [-0.25, -0.2) is 0 Å². The molecule has 0 spiro atoms. The summed E-state index contributed by atoms with van der Waals surface area (Å²) in [7, 11) is 3.96. The summed E-state index contributed by atoms with van der Waals surface area (Å²) in [5.74, 6) is 0. The van der Waals surface area contributed by atoms with Gasteiger partial charge in [0.15, 0.2) is 0 Å². The molecule has 3 heteroatoms. The van der Waals surface area contributed by atoms with Crippen LogP contribution in [0.15, 0.2) is 0 Å². The zero-order chi connectivity index (χ0) is 12.2. The molecule has 15 heavy (non-hydrogen) atoms. The van der Waals surface area contributed by atoms with Crippen LogP contribution in [-0.4, -0.2) is 48.0 Å². The molecule has 0 bridgehead atoms. The van der Waals surface area contributed by atoms with Crippen LogP contribution in [0.2, 0.25) is 0 Å². The normalized spacial score (nSPS) is 41.0. The molecule has 1 aliphatic heterocycles. The first kappa shape index (κ1) is 14.9. The average Bonchev–Trinajstić information content (AvgIpc) is 2.02. The molecule has 1 rings (SSSR count). The van der Waals surface area contributed by atoms with Crippen molar-refractivity contribution in [1.29, 1.82) is 0 Å². The standard InChI is InChI=1S/C10H21NO2.C2H6/c1-7-6-10(3,12)9(11(4)5)8(2)13-7;1-2/h7-9,12H,6H2,1-5H3;1-2H3. The molecule has 0 aromatic carbocycles. The first-order valence-electron chi connectivity index (χ1n) is 5.89. The van der Waals surface area contributed by atoms with Gasteiger partial charge in [0.1, 0.15) is 0 Å². The SMILES string of the molecule is CC.CC1CC(C)(O)C(N(C)C)C(C)O1. The molecule has 0 amide bonds. The minimum atomic E-state index is -0.638. The maximum absolute atomic E-state index is 10.2. The number of ether oxygens (including phenoxy) is 1. The average molecular weight is 217 g/mol. The lowest BCUT2D eigenvalue weighted by Crippen LogP contribution is -2.60. The minimum Gasteiger partial charge on any atom is -0.388 e. The van der Waals surface area contributed by atoms with E-state index in [0.717, 1.165) is 0 Å². The smallest absolute Gasteiger partial charge is 0.0823 e. The second kappa shape index (κ2) is 5.83. The van der Waals surface area contributed by atoms with E-state index >= 15 is 0 Å². The fourth-order valence-electron chi connectivity index (χ4n) is 2.67. The quantitative estimate of drug-likeness (QED) is 0.728. The van der Waals surface area contributed by atoms with E-state index < -0.39 is 5.60 Å². The van der Waals surface area contributed by atoms with Crippen molar-refractivity contribution >= 4 is 0 Å². The molecule has 0 aromatic heterocycles. The van der Waals surface area contributed by atoms with Crippen LogP contribution >= 0.6 is 0 Å². The zero-order valence-corrected chi connectivity index (χ0v) is 11.2. The molecular weight excluding hydrogens is 190 g/mol. The van der Waals surface area contributed by atoms with E-state index in [1.54, 1.807) is 0 Å². The highest BCUT2D eigenvalue weighted by atomic mass is 16.5. The van der Waals surface area contributed by atoms with Crippen LogP contribution in [0.3, 0.4) is 0 Å². The summed E-state index contributed by atoms with van der Waals surface area (Å²) >= 11 is 0. The summed E-state index contributed by atoms with van der Waals surface area (Å²) in [5, 5.41) is 10.2. The van der Waals surface area contributed by atoms with Crippen LogP contribution in [0.25, 0.3) is 0 Å². The van der Waals surface area contributed by atoms with E-state index in [4.69, 9.17) is 4.74 Å². The van der Waals surface area contributed by atoms with Gasteiger partial charge in [-0.1, -0.05) is 13.8 Å². The number of rotatable bonds is 1. The first-order valence-corrected chi connectivity index (χ1v) is 5.89. The van der Waals surface area contributed by atoms with E-state index in [0.29, 0.717) is 6.42 Å². The van der Waals surface area contributed by atoms with Gasteiger partial charge in [-0.3, -0.25) is 0 Å². The Morgan fingerprint density at radius 1 is 1.27 bits per heavy atom. The largest absolute Gasteiger partial charge is 0.388 e. The molecule has 0 aromatic rings. The second-order valence-electron chi connectivity index (χ2n) is 4.62. The Morgan fingerprint density at radius 2 is 1.73 bits per heavy atom. The van der Waals surface area contributed by atoms with E-state index in [-0.39, 0.29) is 18.2 Å². The predicted octanol–water partition coefficient (Wildman–Crippen LogP) is 1.89. The molecular formula is C12H27NO2. The van der Waals surface area contributed by atoms with Crippen molar-refractivity contribution in [2.45, 2.75) is 64.9 Å². The molecule has 92 valence electrons.